The molecule has 1 saturated heterocycles. The fraction of sp³-hybridized carbons (Fsp3) is 0.471. The molecule has 25 heavy (non-hydrogen) atoms. The molecule has 0 saturated carbocycles. The molecule has 8 heteroatoms. The van der Waals surface area contributed by atoms with E-state index in [1.54, 1.807) is 11.3 Å². The highest BCUT2D eigenvalue weighted by molar-refractivity contribution is 7.88. The van der Waals surface area contributed by atoms with Gasteiger partial charge in [-0.2, -0.15) is 0 Å². The maximum absolute atomic E-state index is 11.1. The molecule has 2 aromatic rings. The molecule has 0 spiro atoms. The Kier molecular flexibility index (Phi) is 6.19. The van der Waals surface area contributed by atoms with E-state index in [9.17, 15) is 8.42 Å². The van der Waals surface area contributed by atoms with Crippen LogP contribution in [0.5, 0.6) is 0 Å². The lowest BCUT2D eigenvalue weighted by molar-refractivity contribution is 0.0342. The molecular weight excluding hydrogens is 358 g/mol. The van der Waals surface area contributed by atoms with Crippen molar-refractivity contribution < 1.29 is 13.2 Å². The minimum atomic E-state index is -3.13. The van der Waals surface area contributed by atoms with E-state index in [2.05, 4.69) is 15.0 Å². The number of ether oxygens (including phenoxy) is 1. The molecule has 0 radical (unpaired) electrons. The average Bonchev–Trinajstić information content (AvgIpc) is 3.04. The van der Waals surface area contributed by atoms with Gasteiger partial charge in [-0.1, -0.05) is 24.3 Å². The van der Waals surface area contributed by atoms with E-state index in [4.69, 9.17) is 9.72 Å². The number of aromatic nitrogens is 1. The van der Waals surface area contributed by atoms with Gasteiger partial charge in [-0.05, 0) is 12.0 Å². The second-order valence-corrected chi connectivity index (χ2v) is 8.90. The van der Waals surface area contributed by atoms with Crippen LogP contribution in [-0.4, -0.2) is 57.4 Å². The zero-order chi connectivity index (χ0) is 17.7. The number of hydrogen-bond donors (Lipinski definition) is 1. The standard InChI is InChI=1S/C17H23N3O3S2/c1-25(21,22)18-7-6-14-2-4-15(5-3-14)16-13-24-17(19-16)12-20-8-10-23-11-9-20/h2-5,13,18H,6-12H2,1H3. The summed E-state index contributed by atoms with van der Waals surface area (Å²) < 4.78 is 30.0. The fourth-order valence-electron chi connectivity index (χ4n) is 2.69. The van der Waals surface area contributed by atoms with Crippen LogP contribution in [0.25, 0.3) is 11.3 Å². The Morgan fingerprint density at radius 2 is 1.96 bits per heavy atom. The van der Waals surface area contributed by atoms with E-state index < -0.39 is 10.0 Å². The second kappa shape index (κ2) is 8.37. The Hall–Kier alpha value is -1.32. The van der Waals surface area contributed by atoms with Crippen LogP contribution in [0.1, 0.15) is 10.6 Å². The molecule has 1 aliphatic heterocycles. The first-order valence-corrected chi connectivity index (χ1v) is 11.1. The lowest BCUT2D eigenvalue weighted by Crippen LogP contribution is -2.35. The van der Waals surface area contributed by atoms with Crippen LogP contribution in [0.15, 0.2) is 29.6 Å². The van der Waals surface area contributed by atoms with Gasteiger partial charge in [-0.25, -0.2) is 18.1 Å². The van der Waals surface area contributed by atoms with E-state index in [0.717, 1.165) is 54.7 Å². The highest BCUT2D eigenvalue weighted by atomic mass is 32.2. The number of sulfonamides is 1. The van der Waals surface area contributed by atoms with E-state index in [1.165, 1.54) is 6.26 Å². The molecule has 0 unspecified atom stereocenters. The summed E-state index contributed by atoms with van der Waals surface area (Å²) in [4.78, 5) is 7.11. The molecule has 1 aromatic carbocycles. The van der Waals surface area contributed by atoms with E-state index >= 15 is 0 Å². The number of nitrogens with zero attached hydrogens (tertiary/aromatic N) is 2. The molecule has 1 aromatic heterocycles. The lowest BCUT2D eigenvalue weighted by Gasteiger charge is -2.25. The zero-order valence-electron chi connectivity index (χ0n) is 14.3. The Labute approximate surface area is 152 Å². The third-order valence-corrected chi connectivity index (χ3v) is 5.60. The molecule has 1 N–H and O–H groups in total. The Balaban J connectivity index is 1.56. The molecule has 136 valence electrons. The molecule has 1 aliphatic rings. The molecule has 2 heterocycles. The van der Waals surface area contributed by atoms with Crippen molar-refractivity contribution in [2.45, 2.75) is 13.0 Å². The van der Waals surface area contributed by atoms with Gasteiger partial charge in [-0.3, -0.25) is 4.90 Å². The van der Waals surface area contributed by atoms with Gasteiger partial charge in [0.1, 0.15) is 5.01 Å². The van der Waals surface area contributed by atoms with Gasteiger partial charge in [0.15, 0.2) is 0 Å². The van der Waals surface area contributed by atoms with Crippen LogP contribution in [0, 0.1) is 0 Å². The van der Waals surface area contributed by atoms with Crippen LogP contribution in [0.4, 0.5) is 0 Å². The summed E-state index contributed by atoms with van der Waals surface area (Å²) in [6.45, 7) is 4.82. The summed E-state index contributed by atoms with van der Waals surface area (Å²) >= 11 is 1.69. The van der Waals surface area contributed by atoms with Crippen LogP contribution in [0.2, 0.25) is 0 Å². The molecule has 0 bridgehead atoms. The molecule has 1 fully saturated rings. The highest BCUT2D eigenvalue weighted by Crippen LogP contribution is 2.23. The van der Waals surface area contributed by atoms with Gasteiger partial charge >= 0.3 is 0 Å². The monoisotopic (exact) mass is 381 g/mol. The van der Waals surface area contributed by atoms with Crippen LogP contribution >= 0.6 is 11.3 Å². The van der Waals surface area contributed by atoms with Crippen molar-refractivity contribution in [1.29, 1.82) is 0 Å². The number of morpholine rings is 1. The van der Waals surface area contributed by atoms with Crippen LogP contribution in [-0.2, 0) is 27.7 Å². The zero-order valence-corrected chi connectivity index (χ0v) is 15.9. The average molecular weight is 382 g/mol. The molecule has 0 aliphatic carbocycles. The summed E-state index contributed by atoms with van der Waals surface area (Å²) in [7, 11) is -3.13. The van der Waals surface area contributed by atoms with Gasteiger partial charge in [0, 0.05) is 30.6 Å². The topological polar surface area (TPSA) is 71.5 Å². The predicted octanol–water partition coefficient (Wildman–Crippen LogP) is 1.73. The number of rotatable bonds is 7. The first-order valence-electron chi connectivity index (χ1n) is 8.28. The molecular formula is C17H23N3O3S2. The molecule has 3 rings (SSSR count). The lowest BCUT2D eigenvalue weighted by atomic mass is 10.1. The van der Waals surface area contributed by atoms with Crippen molar-refractivity contribution in [2.75, 3.05) is 39.1 Å². The van der Waals surface area contributed by atoms with Crippen molar-refractivity contribution in [1.82, 2.24) is 14.6 Å². The van der Waals surface area contributed by atoms with Crippen molar-refractivity contribution in [2.24, 2.45) is 0 Å². The predicted molar refractivity (Wildman–Crippen MR) is 100 cm³/mol. The maximum Gasteiger partial charge on any atom is 0.208 e. The van der Waals surface area contributed by atoms with Crippen LogP contribution < -0.4 is 4.72 Å². The quantitative estimate of drug-likeness (QED) is 0.791. The summed E-state index contributed by atoms with van der Waals surface area (Å²) in [5, 5.41) is 3.22. The van der Waals surface area contributed by atoms with Crippen molar-refractivity contribution in [3.63, 3.8) is 0 Å². The third kappa shape index (κ3) is 5.86. The maximum atomic E-state index is 11.1. The third-order valence-electron chi connectivity index (χ3n) is 4.04. The van der Waals surface area contributed by atoms with Gasteiger partial charge in [-0.15, -0.1) is 11.3 Å². The molecule has 0 atom stereocenters. The smallest absolute Gasteiger partial charge is 0.208 e. The normalized spacial score (nSPS) is 16.2. The minimum absolute atomic E-state index is 0.415. The van der Waals surface area contributed by atoms with Crippen molar-refractivity contribution >= 4 is 21.4 Å². The van der Waals surface area contributed by atoms with Gasteiger partial charge in [0.25, 0.3) is 0 Å². The van der Waals surface area contributed by atoms with Crippen LogP contribution in [0.3, 0.4) is 0 Å². The van der Waals surface area contributed by atoms with Gasteiger partial charge < -0.3 is 4.74 Å². The largest absolute Gasteiger partial charge is 0.379 e. The van der Waals surface area contributed by atoms with E-state index in [-0.39, 0.29) is 0 Å². The fourth-order valence-corrected chi connectivity index (χ4v) is 4.01. The number of benzene rings is 1. The first kappa shape index (κ1) is 18.5. The SMILES string of the molecule is CS(=O)(=O)NCCc1ccc(-c2csc(CN3CCOCC3)n2)cc1. The minimum Gasteiger partial charge on any atom is -0.379 e. The van der Waals surface area contributed by atoms with Gasteiger partial charge in [0.05, 0.1) is 31.7 Å². The first-order chi connectivity index (χ1) is 12.0. The summed E-state index contributed by atoms with van der Waals surface area (Å²) in [5.74, 6) is 0. The summed E-state index contributed by atoms with van der Waals surface area (Å²) in [6, 6.07) is 8.15. The van der Waals surface area contributed by atoms with Crippen molar-refractivity contribution in [3.05, 3.63) is 40.2 Å². The summed E-state index contributed by atoms with van der Waals surface area (Å²) in [6.07, 6.45) is 1.85. The van der Waals surface area contributed by atoms with E-state index in [0.29, 0.717) is 13.0 Å². The molecule has 6 nitrogen and oxygen atoms in total. The summed E-state index contributed by atoms with van der Waals surface area (Å²) in [5.41, 5.74) is 3.18. The van der Waals surface area contributed by atoms with Crippen molar-refractivity contribution in [3.8, 4) is 11.3 Å². The Morgan fingerprint density at radius 3 is 2.64 bits per heavy atom. The number of thiazole rings is 1. The Bertz CT molecular complexity index is 782. The van der Waals surface area contributed by atoms with E-state index in [1.807, 2.05) is 24.3 Å². The highest BCUT2D eigenvalue weighted by Gasteiger charge is 2.13. The second-order valence-electron chi connectivity index (χ2n) is 6.13. The Morgan fingerprint density at radius 1 is 1.24 bits per heavy atom. The number of hydrogen-bond acceptors (Lipinski definition) is 6. The molecule has 0 amide bonds. The van der Waals surface area contributed by atoms with Gasteiger partial charge in [0.2, 0.25) is 10.0 Å². The number of nitrogens with one attached hydrogen (secondary N) is 1.